The highest BCUT2D eigenvalue weighted by atomic mass is 32.2. The molecule has 0 saturated carbocycles. The Kier molecular flexibility index (Phi) is 6.99. The summed E-state index contributed by atoms with van der Waals surface area (Å²) in [5.41, 5.74) is 1.07. The normalized spacial score (nSPS) is 10.5. The van der Waals surface area contributed by atoms with Crippen LogP contribution in [0.2, 0.25) is 0 Å². The summed E-state index contributed by atoms with van der Waals surface area (Å²) >= 11 is 1.37. The van der Waals surface area contributed by atoms with E-state index >= 15 is 0 Å². The SMILES string of the molecule is COc1ccccc1C(=O)CSc1ccc(NC(=O)/C=C/C(=O)O)cc1. The fraction of sp³-hybridized carbons (Fsp3) is 0.105. The second kappa shape index (κ2) is 9.43. The van der Waals surface area contributed by atoms with E-state index in [4.69, 9.17) is 9.84 Å². The van der Waals surface area contributed by atoms with Gasteiger partial charge in [0.25, 0.3) is 0 Å². The Morgan fingerprint density at radius 1 is 1.08 bits per heavy atom. The maximum absolute atomic E-state index is 12.3. The van der Waals surface area contributed by atoms with Gasteiger partial charge in [-0.3, -0.25) is 9.59 Å². The zero-order valence-corrected chi connectivity index (χ0v) is 14.8. The topological polar surface area (TPSA) is 92.7 Å². The molecule has 2 aromatic carbocycles. The minimum atomic E-state index is -1.19. The number of carbonyl (C=O) groups excluding carboxylic acids is 2. The molecule has 2 aromatic rings. The number of ketones is 1. The first-order valence-electron chi connectivity index (χ1n) is 7.60. The maximum Gasteiger partial charge on any atom is 0.328 e. The Labute approximate surface area is 154 Å². The first-order valence-corrected chi connectivity index (χ1v) is 8.59. The third-order valence-electron chi connectivity index (χ3n) is 3.28. The number of aliphatic carboxylic acids is 1. The molecule has 0 heterocycles. The summed E-state index contributed by atoms with van der Waals surface area (Å²) in [5, 5.41) is 11.0. The Morgan fingerprint density at radius 3 is 2.42 bits per heavy atom. The second-order valence-corrected chi connectivity index (χ2v) is 6.15. The van der Waals surface area contributed by atoms with Crippen LogP contribution < -0.4 is 10.1 Å². The van der Waals surface area contributed by atoms with Crippen molar-refractivity contribution in [2.24, 2.45) is 0 Å². The molecule has 1 amide bonds. The molecule has 2 N–H and O–H groups in total. The summed E-state index contributed by atoms with van der Waals surface area (Å²) in [6.07, 6.45) is 1.71. The maximum atomic E-state index is 12.3. The largest absolute Gasteiger partial charge is 0.496 e. The summed E-state index contributed by atoms with van der Waals surface area (Å²) in [6.45, 7) is 0. The molecule has 0 aromatic heterocycles. The lowest BCUT2D eigenvalue weighted by Crippen LogP contribution is -2.08. The van der Waals surface area contributed by atoms with Crippen LogP contribution in [0.3, 0.4) is 0 Å². The number of carboxylic acids is 1. The van der Waals surface area contributed by atoms with Crippen LogP contribution in [0.1, 0.15) is 10.4 Å². The number of Topliss-reactive ketones (excluding diaryl/α,β-unsaturated/α-hetero) is 1. The van der Waals surface area contributed by atoms with E-state index in [0.29, 0.717) is 17.0 Å². The van der Waals surface area contributed by atoms with Crippen molar-refractivity contribution >= 4 is 35.1 Å². The third kappa shape index (κ3) is 5.78. The monoisotopic (exact) mass is 371 g/mol. The molecule has 26 heavy (non-hydrogen) atoms. The first-order chi connectivity index (χ1) is 12.5. The van der Waals surface area contributed by atoms with Gasteiger partial charge in [0.1, 0.15) is 5.75 Å². The number of thioether (sulfide) groups is 1. The van der Waals surface area contributed by atoms with Gasteiger partial charge in [-0.1, -0.05) is 12.1 Å². The predicted octanol–water partition coefficient (Wildman–Crippen LogP) is 3.25. The van der Waals surface area contributed by atoms with Gasteiger partial charge in [0.15, 0.2) is 5.78 Å². The predicted molar refractivity (Wildman–Crippen MR) is 99.9 cm³/mol. The second-order valence-electron chi connectivity index (χ2n) is 5.10. The highest BCUT2D eigenvalue weighted by molar-refractivity contribution is 8.00. The average molecular weight is 371 g/mol. The van der Waals surface area contributed by atoms with Gasteiger partial charge in [-0.15, -0.1) is 11.8 Å². The van der Waals surface area contributed by atoms with Gasteiger partial charge in [0.2, 0.25) is 5.91 Å². The van der Waals surface area contributed by atoms with Crippen LogP contribution in [-0.4, -0.2) is 35.6 Å². The Balaban J connectivity index is 1.92. The van der Waals surface area contributed by atoms with Crippen LogP contribution in [0.15, 0.2) is 65.6 Å². The minimum Gasteiger partial charge on any atom is -0.496 e. The van der Waals surface area contributed by atoms with E-state index in [2.05, 4.69) is 5.32 Å². The summed E-state index contributed by atoms with van der Waals surface area (Å²) in [7, 11) is 1.53. The molecule has 0 aliphatic heterocycles. The molecule has 0 bridgehead atoms. The van der Waals surface area contributed by atoms with Crippen LogP contribution in [0.5, 0.6) is 5.75 Å². The van der Waals surface area contributed by atoms with Crippen LogP contribution in [0, 0.1) is 0 Å². The minimum absolute atomic E-state index is 0.0383. The van der Waals surface area contributed by atoms with E-state index in [1.165, 1.54) is 18.9 Å². The Hall–Kier alpha value is -3.06. The zero-order chi connectivity index (χ0) is 18.9. The quantitative estimate of drug-likeness (QED) is 0.420. The summed E-state index contributed by atoms with van der Waals surface area (Å²) in [4.78, 5) is 35.1. The lowest BCUT2D eigenvalue weighted by molar-refractivity contribution is -0.131. The van der Waals surface area contributed by atoms with E-state index in [-0.39, 0.29) is 11.5 Å². The number of benzene rings is 2. The number of carboxylic acid groups (broad SMARTS) is 1. The number of amides is 1. The van der Waals surface area contributed by atoms with E-state index in [0.717, 1.165) is 17.0 Å². The fourth-order valence-corrected chi connectivity index (χ4v) is 2.85. The number of ether oxygens (including phenoxy) is 1. The van der Waals surface area contributed by atoms with Crippen molar-refractivity contribution in [1.82, 2.24) is 0 Å². The molecular formula is C19H17NO5S. The van der Waals surface area contributed by atoms with Crippen LogP contribution in [0.4, 0.5) is 5.69 Å². The Bertz CT molecular complexity index is 830. The number of nitrogens with one attached hydrogen (secondary N) is 1. The standard InChI is InChI=1S/C19H17NO5S/c1-25-17-5-3-2-4-15(17)16(21)12-26-14-8-6-13(7-9-14)20-18(22)10-11-19(23)24/h2-11H,12H2,1H3,(H,20,22)(H,23,24)/b11-10+. The highest BCUT2D eigenvalue weighted by Gasteiger charge is 2.11. The van der Waals surface area contributed by atoms with E-state index < -0.39 is 11.9 Å². The van der Waals surface area contributed by atoms with Gasteiger partial charge in [0, 0.05) is 22.7 Å². The van der Waals surface area contributed by atoms with E-state index in [9.17, 15) is 14.4 Å². The van der Waals surface area contributed by atoms with Crippen molar-refractivity contribution in [2.75, 3.05) is 18.2 Å². The summed E-state index contributed by atoms with van der Waals surface area (Å²) in [5.74, 6) is -0.951. The zero-order valence-electron chi connectivity index (χ0n) is 14.0. The summed E-state index contributed by atoms with van der Waals surface area (Å²) in [6, 6.07) is 14.0. The summed E-state index contributed by atoms with van der Waals surface area (Å²) < 4.78 is 5.19. The molecule has 0 spiro atoms. The van der Waals surface area contributed by atoms with Gasteiger partial charge < -0.3 is 15.2 Å². The highest BCUT2D eigenvalue weighted by Crippen LogP contribution is 2.24. The fourth-order valence-electron chi connectivity index (χ4n) is 2.07. The molecule has 6 nitrogen and oxygen atoms in total. The average Bonchev–Trinajstić information content (AvgIpc) is 2.65. The van der Waals surface area contributed by atoms with Gasteiger partial charge in [0.05, 0.1) is 18.4 Å². The van der Waals surface area contributed by atoms with Crippen molar-refractivity contribution < 1.29 is 24.2 Å². The van der Waals surface area contributed by atoms with E-state index in [1.807, 2.05) is 0 Å². The molecule has 0 aliphatic rings. The molecule has 0 saturated heterocycles. The number of hydrogen-bond acceptors (Lipinski definition) is 5. The van der Waals surface area contributed by atoms with Crippen molar-refractivity contribution in [3.05, 3.63) is 66.2 Å². The lowest BCUT2D eigenvalue weighted by Gasteiger charge is -2.07. The van der Waals surface area contributed by atoms with Gasteiger partial charge >= 0.3 is 5.97 Å². The number of hydrogen-bond donors (Lipinski definition) is 2. The Morgan fingerprint density at radius 2 is 1.77 bits per heavy atom. The smallest absolute Gasteiger partial charge is 0.328 e. The van der Waals surface area contributed by atoms with Crippen molar-refractivity contribution in [3.63, 3.8) is 0 Å². The van der Waals surface area contributed by atoms with Crippen molar-refractivity contribution in [1.29, 1.82) is 0 Å². The number of rotatable bonds is 8. The van der Waals surface area contributed by atoms with Gasteiger partial charge in [-0.05, 0) is 36.4 Å². The van der Waals surface area contributed by atoms with Crippen LogP contribution in [-0.2, 0) is 9.59 Å². The molecule has 2 rings (SSSR count). The van der Waals surface area contributed by atoms with Crippen LogP contribution >= 0.6 is 11.8 Å². The molecular weight excluding hydrogens is 354 g/mol. The lowest BCUT2D eigenvalue weighted by atomic mass is 10.1. The molecule has 0 fully saturated rings. The number of anilines is 1. The van der Waals surface area contributed by atoms with Gasteiger partial charge in [-0.25, -0.2) is 4.79 Å². The molecule has 0 radical (unpaired) electrons. The molecule has 0 unspecified atom stereocenters. The van der Waals surface area contributed by atoms with Gasteiger partial charge in [-0.2, -0.15) is 0 Å². The molecule has 0 atom stereocenters. The first kappa shape index (κ1) is 19.3. The number of methoxy groups -OCH3 is 1. The third-order valence-corrected chi connectivity index (χ3v) is 4.29. The van der Waals surface area contributed by atoms with E-state index in [1.54, 1.807) is 48.5 Å². The number of carbonyl (C=O) groups is 3. The van der Waals surface area contributed by atoms with Crippen molar-refractivity contribution in [3.8, 4) is 5.75 Å². The molecule has 0 aliphatic carbocycles. The number of para-hydroxylation sites is 1. The van der Waals surface area contributed by atoms with Crippen LogP contribution in [0.25, 0.3) is 0 Å². The molecule has 134 valence electrons. The van der Waals surface area contributed by atoms with Crippen molar-refractivity contribution in [2.45, 2.75) is 4.90 Å². The molecule has 7 heteroatoms.